The molecule has 1 aliphatic rings. The number of aryl methyl sites for hydroxylation is 1. The third kappa shape index (κ3) is 3.92. The zero-order valence-electron chi connectivity index (χ0n) is 13.6. The van der Waals surface area contributed by atoms with Crippen LogP contribution in [0, 0.1) is 0 Å². The molecule has 25 heavy (non-hydrogen) atoms. The van der Waals surface area contributed by atoms with Gasteiger partial charge < -0.3 is 9.80 Å². The van der Waals surface area contributed by atoms with Crippen molar-refractivity contribution in [3.8, 4) is 0 Å². The number of benzene rings is 1. The first-order chi connectivity index (χ1) is 11.9. The molecule has 1 aromatic carbocycles. The average Bonchev–Trinajstić information content (AvgIpc) is 3.10. The summed E-state index contributed by atoms with van der Waals surface area (Å²) in [6, 6.07) is 4.56. The van der Waals surface area contributed by atoms with Crippen LogP contribution in [-0.4, -0.2) is 46.3 Å². The van der Waals surface area contributed by atoms with Crippen molar-refractivity contribution < 1.29 is 18.0 Å². The van der Waals surface area contributed by atoms with Gasteiger partial charge in [0.1, 0.15) is 5.82 Å². The normalized spacial score (nSPS) is 15.5. The number of nitrogens with zero attached hydrogens (tertiary/aromatic N) is 4. The van der Waals surface area contributed by atoms with E-state index in [0.29, 0.717) is 26.2 Å². The van der Waals surface area contributed by atoms with Crippen molar-refractivity contribution in [1.82, 2.24) is 14.3 Å². The van der Waals surface area contributed by atoms with Gasteiger partial charge in [-0.25, -0.2) is 4.98 Å². The lowest BCUT2D eigenvalue weighted by Crippen LogP contribution is -2.48. The van der Waals surface area contributed by atoms with Crippen LogP contribution in [0.1, 0.15) is 28.7 Å². The molecule has 1 saturated heterocycles. The smallest absolute Gasteiger partial charge is 0.343 e. The zero-order valence-corrected chi connectivity index (χ0v) is 14.4. The Labute approximate surface area is 147 Å². The minimum atomic E-state index is -4.45. The Balaban J connectivity index is 1.65. The number of hydrogen-bond donors (Lipinski definition) is 0. The number of aromatic nitrogens is 2. The number of anilines is 1. The summed E-state index contributed by atoms with van der Waals surface area (Å²) in [4.78, 5) is 20.5. The minimum Gasteiger partial charge on any atom is -0.343 e. The van der Waals surface area contributed by atoms with E-state index in [-0.39, 0.29) is 11.5 Å². The Bertz CT molecular complexity index is 754. The third-order valence-electron chi connectivity index (χ3n) is 4.05. The van der Waals surface area contributed by atoms with E-state index in [1.165, 1.54) is 23.7 Å². The standard InChI is InChI=1S/C16H17F3N4OS/c1-2-13-20-15(25-21-13)23-8-6-22(7-9-23)14(24)11-4-3-5-12(10-11)16(17,18)19/h3-5,10H,2,6-9H2,1H3. The van der Waals surface area contributed by atoms with Crippen molar-refractivity contribution in [2.24, 2.45) is 0 Å². The van der Waals surface area contributed by atoms with Crippen LogP contribution in [0.2, 0.25) is 0 Å². The summed E-state index contributed by atoms with van der Waals surface area (Å²) in [6.45, 7) is 4.04. The molecule has 0 aliphatic carbocycles. The van der Waals surface area contributed by atoms with E-state index in [1.54, 1.807) is 4.90 Å². The molecule has 0 saturated carbocycles. The van der Waals surface area contributed by atoms with Crippen LogP contribution in [-0.2, 0) is 12.6 Å². The van der Waals surface area contributed by atoms with Crippen molar-refractivity contribution in [2.45, 2.75) is 19.5 Å². The molecule has 0 spiro atoms. The number of alkyl halides is 3. The van der Waals surface area contributed by atoms with Crippen LogP contribution < -0.4 is 4.90 Å². The number of amides is 1. The monoisotopic (exact) mass is 370 g/mol. The van der Waals surface area contributed by atoms with Gasteiger partial charge in [-0.2, -0.15) is 17.5 Å². The Hall–Kier alpha value is -2.16. The highest BCUT2D eigenvalue weighted by atomic mass is 32.1. The highest BCUT2D eigenvalue weighted by Crippen LogP contribution is 2.30. The molecule has 3 rings (SSSR count). The van der Waals surface area contributed by atoms with Crippen molar-refractivity contribution in [3.63, 3.8) is 0 Å². The van der Waals surface area contributed by atoms with E-state index in [1.807, 2.05) is 11.8 Å². The summed E-state index contributed by atoms with van der Waals surface area (Å²) in [5.41, 5.74) is -0.745. The minimum absolute atomic E-state index is 0.0625. The Morgan fingerprint density at radius 1 is 1.24 bits per heavy atom. The summed E-state index contributed by atoms with van der Waals surface area (Å²) in [6.07, 6.45) is -3.69. The topological polar surface area (TPSA) is 49.3 Å². The summed E-state index contributed by atoms with van der Waals surface area (Å²) in [5.74, 6) is 0.416. The lowest BCUT2D eigenvalue weighted by molar-refractivity contribution is -0.137. The molecule has 1 aromatic heterocycles. The van der Waals surface area contributed by atoms with E-state index in [2.05, 4.69) is 9.36 Å². The van der Waals surface area contributed by atoms with Crippen molar-refractivity contribution in [3.05, 3.63) is 41.2 Å². The predicted octanol–water partition coefficient (Wildman–Crippen LogP) is 3.08. The first kappa shape index (κ1) is 17.7. The van der Waals surface area contributed by atoms with Crippen LogP contribution in [0.15, 0.2) is 24.3 Å². The zero-order chi connectivity index (χ0) is 18.0. The maximum atomic E-state index is 12.8. The van der Waals surface area contributed by atoms with Crippen LogP contribution in [0.5, 0.6) is 0 Å². The second-order valence-corrected chi connectivity index (χ2v) is 6.43. The Morgan fingerprint density at radius 3 is 2.56 bits per heavy atom. The van der Waals surface area contributed by atoms with Gasteiger partial charge in [0.15, 0.2) is 0 Å². The molecule has 9 heteroatoms. The van der Waals surface area contributed by atoms with Gasteiger partial charge in [-0.1, -0.05) is 13.0 Å². The molecule has 1 fully saturated rings. The molecule has 0 atom stereocenters. The van der Waals surface area contributed by atoms with Gasteiger partial charge in [0.25, 0.3) is 5.91 Å². The van der Waals surface area contributed by atoms with Crippen molar-refractivity contribution in [1.29, 1.82) is 0 Å². The second kappa shape index (κ2) is 6.99. The van der Waals surface area contributed by atoms with Gasteiger partial charge in [0.2, 0.25) is 5.13 Å². The molecule has 134 valence electrons. The molecule has 0 unspecified atom stereocenters. The van der Waals surface area contributed by atoms with Crippen LogP contribution in [0.3, 0.4) is 0 Å². The highest BCUT2D eigenvalue weighted by molar-refractivity contribution is 7.09. The summed E-state index contributed by atoms with van der Waals surface area (Å²) < 4.78 is 42.6. The molecule has 1 aliphatic heterocycles. The lowest BCUT2D eigenvalue weighted by atomic mass is 10.1. The van der Waals surface area contributed by atoms with Gasteiger partial charge in [0.05, 0.1) is 5.56 Å². The number of carbonyl (C=O) groups is 1. The molecular formula is C16H17F3N4OS. The Morgan fingerprint density at radius 2 is 1.96 bits per heavy atom. The van der Waals surface area contributed by atoms with Crippen molar-refractivity contribution in [2.75, 3.05) is 31.1 Å². The van der Waals surface area contributed by atoms with Crippen molar-refractivity contribution >= 4 is 22.6 Å². The first-order valence-corrected chi connectivity index (χ1v) is 8.70. The molecular weight excluding hydrogens is 353 g/mol. The largest absolute Gasteiger partial charge is 0.416 e. The molecule has 2 aromatic rings. The van der Waals surface area contributed by atoms with Gasteiger partial charge in [-0.05, 0) is 18.2 Å². The summed E-state index contributed by atoms with van der Waals surface area (Å²) >= 11 is 1.33. The number of carbonyl (C=O) groups excluding carboxylic acids is 1. The Kier molecular flexibility index (Phi) is 4.94. The molecule has 0 bridgehead atoms. The quantitative estimate of drug-likeness (QED) is 0.833. The average molecular weight is 370 g/mol. The molecule has 5 nitrogen and oxygen atoms in total. The van der Waals surface area contributed by atoms with E-state index >= 15 is 0 Å². The molecule has 0 N–H and O–H groups in total. The van der Waals surface area contributed by atoms with Crippen LogP contribution in [0.4, 0.5) is 18.3 Å². The van der Waals surface area contributed by atoms with Gasteiger partial charge >= 0.3 is 6.18 Å². The molecule has 2 heterocycles. The second-order valence-electron chi connectivity index (χ2n) is 5.70. The fourth-order valence-corrected chi connectivity index (χ4v) is 3.43. The number of hydrogen-bond acceptors (Lipinski definition) is 5. The number of rotatable bonds is 3. The maximum Gasteiger partial charge on any atom is 0.416 e. The fraction of sp³-hybridized carbons (Fsp3) is 0.438. The number of piperazine rings is 1. The molecule has 1 amide bonds. The van der Waals surface area contributed by atoms with E-state index in [9.17, 15) is 18.0 Å². The van der Waals surface area contributed by atoms with Crippen LogP contribution >= 0.6 is 11.5 Å². The van der Waals surface area contributed by atoms with Gasteiger partial charge in [-0.3, -0.25) is 4.79 Å². The predicted molar refractivity (Wildman–Crippen MR) is 88.8 cm³/mol. The highest BCUT2D eigenvalue weighted by Gasteiger charge is 2.32. The number of halogens is 3. The SMILES string of the molecule is CCc1nsc(N2CCN(C(=O)c3cccc(C(F)(F)F)c3)CC2)n1. The van der Waals surface area contributed by atoms with Gasteiger partial charge in [-0.15, -0.1) is 0 Å². The van der Waals surface area contributed by atoms with Gasteiger partial charge in [0, 0.05) is 49.7 Å². The fourth-order valence-electron chi connectivity index (χ4n) is 2.63. The summed E-state index contributed by atoms with van der Waals surface area (Å²) in [5, 5.41) is 0.822. The van der Waals surface area contributed by atoms with E-state index < -0.39 is 11.7 Å². The lowest BCUT2D eigenvalue weighted by Gasteiger charge is -2.34. The van der Waals surface area contributed by atoms with Crippen LogP contribution in [0.25, 0.3) is 0 Å². The maximum absolute atomic E-state index is 12.8. The summed E-state index contributed by atoms with van der Waals surface area (Å²) in [7, 11) is 0. The first-order valence-electron chi connectivity index (χ1n) is 7.92. The van der Waals surface area contributed by atoms with E-state index in [0.717, 1.165) is 29.5 Å². The van der Waals surface area contributed by atoms with E-state index in [4.69, 9.17) is 0 Å². The third-order valence-corrected chi connectivity index (χ3v) is 4.86. The molecule has 0 radical (unpaired) electrons.